The molecule has 0 fully saturated rings. The fourth-order valence-corrected chi connectivity index (χ4v) is 7.34. The lowest BCUT2D eigenvalue weighted by molar-refractivity contribution is 0.349. The summed E-state index contributed by atoms with van der Waals surface area (Å²) in [5, 5.41) is 0. The van der Waals surface area contributed by atoms with Crippen LogP contribution in [0, 0.1) is 0 Å². The van der Waals surface area contributed by atoms with Crippen molar-refractivity contribution in [3.05, 3.63) is 159 Å². The third-order valence-corrected chi connectivity index (χ3v) is 9.24. The molecular formula is C46H52N4O4. The van der Waals surface area contributed by atoms with Crippen LogP contribution in [0.4, 0.5) is 0 Å². The van der Waals surface area contributed by atoms with E-state index >= 15 is 0 Å². The quantitative estimate of drug-likeness (QED) is 0.117. The van der Waals surface area contributed by atoms with Crippen molar-refractivity contribution in [1.29, 1.82) is 0 Å². The molecule has 2 aliphatic rings. The van der Waals surface area contributed by atoms with Crippen LogP contribution < -0.4 is 18.9 Å². The Bertz CT molecular complexity index is 2050. The smallest absolute Gasteiger partial charge is 0.219 e. The highest BCUT2D eigenvalue weighted by atomic mass is 16.5. The van der Waals surface area contributed by atoms with Crippen molar-refractivity contribution in [3.8, 4) is 23.0 Å². The summed E-state index contributed by atoms with van der Waals surface area (Å²) in [5.41, 5.74) is 3.54. The van der Waals surface area contributed by atoms with E-state index in [9.17, 15) is 0 Å². The molecule has 280 valence electrons. The van der Waals surface area contributed by atoms with Gasteiger partial charge in [-0.15, -0.1) is 0 Å². The van der Waals surface area contributed by atoms with E-state index in [0.29, 0.717) is 46.6 Å². The Kier molecular flexibility index (Phi) is 13.3. The Hall–Kier alpha value is -6.02. The topological polar surface area (TPSA) is 86.4 Å². The van der Waals surface area contributed by atoms with Crippen molar-refractivity contribution >= 4 is 23.6 Å². The first-order valence-electron chi connectivity index (χ1n) is 17.8. The van der Waals surface area contributed by atoms with Gasteiger partial charge in [-0.25, -0.2) is 15.0 Å². The molecule has 0 N–H and O–H groups in total. The van der Waals surface area contributed by atoms with Gasteiger partial charge in [0, 0.05) is 43.2 Å². The summed E-state index contributed by atoms with van der Waals surface area (Å²) in [6, 6.07) is 8.32. The molecule has 2 aromatic carbocycles. The van der Waals surface area contributed by atoms with E-state index in [-0.39, 0.29) is 10.8 Å². The number of fused-ring (bicyclic) bond motifs is 4. The molecule has 1 unspecified atom stereocenters. The maximum Gasteiger partial charge on any atom is 0.219 e. The van der Waals surface area contributed by atoms with E-state index in [1.165, 1.54) is 12.4 Å². The van der Waals surface area contributed by atoms with E-state index in [1.54, 1.807) is 61.9 Å². The van der Waals surface area contributed by atoms with Gasteiger partial charge in [0.05, 0.1) is 0 Å². The van der Waals surface area contributed by atoms with Gasteiger partial charge in [-0.05, 0) is 96.2 Å². The largest absolute Gasteiger partial charge is 0.435 e. The molecular weight excluding hydrogens is 673 g/mol. The monoisotopic (exact) mass is 724 g/mol. The highest BCUT2D eigenvalue weighted by Crippen LogP contribution is 2.65. The van der Waals surface area contributed by atoms with Crippen molar-refractivity contribution in [1.82, 2.24) is 0 Å². The Morgan fingerprint density at radius 2 is 1.00 bits per heavy atom. The zero-order chi connectivity index (χ0) is 39.5. The number of ether oxygens (including phenoxy) is 4. The van der Waals surface area contributed by atoms with Crippen LogP contribution in [0.3, 0.4) is 0 Å². The molecule has 2 aliphatic carbocycles. The average Bonchev–Trinajstić information content (AvgIpc) is 3.49. The van der Waals surface area contributed by atoms with Gasteiger partial charge in [0.1, 0.15) is 0 Å². The van der Waals surface area contributed by atoms with E-state index in [1.807, 2.05) is 26.0 Å². The van der Waals surface area contributed by atoms with E-state index in [4.69, 9.17) is 18.9 Å². The first-order valence-corrected chi connectivity index (χ1v) is 17.8. The summed E-state index contributed by atoms with van der Waals surface area (Å²) >= 11 is 0. The minimum atomic E-state index is -0.446. The molecule has 0 radical (unpaired) electrons. The van der Waals surface area contributed by atoms with Crippen LogP contribution in [0.25, 0.3) is 0 Å². The van der Waals surface area contributed by atoms with Gasteiger partial charge in [0.25, 0.3) is 0 Å². The Labute approximate surface area is 321 Å². The number of allylic oxidation sites excluding steroid dienone is 6. The second kappa shape index (κ2) is 17.7. The molecule has 8 nitrogen and oxygen atoms in total. The standard InChI is InChI=1S/C46H52N4O4/c1-13-20-23-41(47-12)52-36-26-32-34(28-38(36)51-40(17-5)50-25-16-4)46(30-44(32,8)9)31-45(10,11)33-27-37(53-42(22-15-3)48-18-6)39(29-35(33)46)54-43(49-19-7)24-21-14-2/h13-29H,1-2,5-7,30-31H2,3-4,8-12H3/b22-15-,23-20-,24-21-,25-16-,47-41?,48-42?,49-43?,50-40?. The van der Waals surface area contributed by atoms with E-state index in [0.717, 1.165) is 35.1 Å². The number of benzene rings is 2. The molecule has 0 aromatic heterocycles. The number of hydrogen-bond donors (Lipinski definition) is 0. The zero-order valence-electron chi connectivity index (χ0n) is 32.7. The lowest BCUT2D eigenvalue weighted by Crippen LogP contribution is -2.27. The molecule has 0 heterocycles. The molecule has 0 saturated carbocycles. The van der Waals surface area contributed by atoms with Crippen LogP contribution in [0.2, 0.25) is 0 Å². The minimum absolute atomic E-state index is 0.265. The third-order valence-electron chi connectivity index (χ3n) is 9.24. The van der Waals surface area contributed by atoms with Crippen LogP contribution in [-0.2, 0) is 16.2 Å². The average molecular weight is 725 g/mol. The maximum absolute atomic E-state index is 6.53. The summed E-state index contributed by atoms with van der Waals surface area (Å²) in [6.07, 6.45) is 23.5. The molecule has 1 spiro atoms. The zero-order valence-corrected chi connectivity index (χ0v) is 32.7. The van der Waals surface area contributed by atoms with Gasteiger partial charge in [-0.1, -0.05) is 97.0 Å². The molecule has 0 saturated heterocycles. The van der Waals surface area contributed by atoms with Crippen LogP contribution in [-0.4, -0.2) is 30.6 Å². The van der Waals surface area contributed by atoms with Crippen molar-refractivity contribution in [3.63, 3.8) is 0 Å². The van der Waals surface area contributed by atoms with Crippen LogP contribution in [0.1, 0.15) is 76.6 Å². The predicted octanol–water partition coefficient (Wildman–Crippen LogP) is 11.1. The van der Waals surface area contributed by atoms with Crippen molar-refractivity contribution in [2.24, 2.45) is 20.0 Å². The Balaban J connectivity index is 2.06. The Morgan fingerprint density at radius 1 is 0.574 bits per heavy atom. The number of aliphatic imine (C=N–C) groups is 4. The summed E-state index contributed by atoms with van der Waals surface area (Å²) in [6.45, 7) is 31.9. The number of rotatable bonds is 13. The molecule has 0 bridgehead atoms. The SMILES string of the molecule is C=C/C=C\C(=NC)Oc1cc2c(cc1OC(C=C)=N/C=C\C)C1(CC2(C)C)CC(C)(C)c2cc(OC(/C=C\C)=NC=C)c(OC(/C=C\C=C)=NC=C)cc21. The fraction of sp³-hybridized carbons (Fsp3) is 0.261. The third kappa shape index (κ3) is 8.77. The van der Waals surface area contributed by atoms with Gasteiger partial charge < -0.3 is 18.9 Å². The van der Waals surface area contributed by atoms with Gasteiger partial charge >= 0.3 is 0 Å². The second-order valence-electron chi connectivity index (χ2n) is 14.0. The van der Waals surface area contributed by atoms with Crippen LogP contribution >= 0.6 is 0 Å². The fourth-order valence-electron chi connectivity index (χ4n) is 7.34. The van der Waals surface area contributed by atoms with Crippen LogP contribution in [0.5, 0.6) is 23.0 Å². The Morgan fingerprint density at radius 3 is 1.41 bits per heavy atom. The molecule has 2 aromatic rings. The number of nitrogens with zero attached hydrogens (tertiary/aromatic N) is 4. The summed E-state index contributed by atoms with van der Waals surface area (Å²) in [7, 11) is 1.68. The van der Waals surface area contributed by atoms with Crippen molar-refractivity contribution in [2.45, 2.75) is 70.6 Å². The van der Waals surface area contributed by atoms with Crippen LogP contribution in [0.15, 0.2) is 156 Å². The second-order valence-corrected chi connectivity index (χ2v) is 14.0. The van der Waals surface area contributed by atoms with Gasteiger partial charge in [0.15, 0.2) is 23.0 Å². The molecule has 0 amide bonds. The predicted molar refractivity (Wildman–Crippen MR) is 226 cm³/mol. The van der Waals surface area contributed by atoms with E-state index in [2.05, 4.69) is 105 Å². The molecule has 8 heteroatoms. The first kappa shape index (κ1) is 40.7. The molecule has 4 rings (SSSR count). The molecule has 54 heavy (non-hydrogen) atoms. The first-order chi connectivity index (χ1) is 25.9. The summed E-state index contributed by atoms with van der Waals surface area (Å²) in [4.78, 5) is 17.5. The highest BCUT2D eigenvalue weighted by Gasteiger charge is 2.57. The lowest BCUT2D eigenvalue weighted by atomic mass is 9.72. The summed E-state index contributed by atoms with van der Waals surface area (Å²) < 4.78 is 25.9. The normalized spacial score (nSPS) is 19.4. The van der Waals surface area contributed by atoms with Crippen molar-refractivity contribution < 1.29 is 18.9 Å². The lowest BCUT2D eigenvalue weighted by Gasteiger charge is -2.31. The molecule has 1 atom stereocenters. The maximum atomic E-state index is 6.53. The number of hydrogen-bond acceptors (Lipinski definition) is 8. The van der Waals surface area contributed by atoms with E-state index < -0.39 is 5.41 Å². The van der Waals surface area contributed by atoms with Crippen molar-refractivity contribution in [2.75, 3.05) is 7.05 Å². The highest BCUT2D eigenvalue weighted by molar-refractivity contribution is 5.93. The van der Waals surface area contributed by atoms with Gasteiger partial charge in [-0.2, -0.15) is 0 Å². The minimum Gasteiger partial charge on any atom is -0.435 e. The van der Waals surface area contributed by atoms with Gasteiger partial charge in [-0.3, -0.25) is 4.99 Å². The summed E-state index contributed by atoms with van der Waals surface area (Å²) in [5.74, 6) is 3.35. The van der Waals surface area contributed by atoms with Gasteiger partial charge in [0.2, 0.25) is 23.6 Å². The molecule has 0 aliphatic heterocycles.